The second-order valence-corrected chi connectivity index (χ2v) is 3.99. The van der Waals surface area contributed by atoms with Gasteiger partial charge in [-0.3, -0.25) is 0 Å². The van der Waals surface area contributed by atoms with E-state index < -0.39 is 0 Å². The number of aryl methyl sites for hydroxylation is 1. The lowest BCUT2D eigenvalue weighted by Crippen LogP contribution is -2.07. The molecule has 94 valence electrons. The lowest BCUT2D eigenvalue weighted by molar-refractivity contribution is 0.619. The molecule has 3 N–H and O–H groups in total. The Kier molecular flexibility index (Phi) is 3.84. The van der Waals surface area contributed by atoms with Crippen molar-refractivity contribution in [3.05, 3.63) is 47.7 Å². The Morgan fingerprint density at radius 1 is 1.33 bits per heavy atom. The summed E-state index contributed by atoms with van der Waals surface area (Å²) >= 11 is 0. The Hall–Kier alpha value is -2.01. The number of aromatic nitrogens is 2. The van der Waals surface area contributed by atoms with E-state index in [2.05, 4.69) is 15.3 Å². The minimum atomic E-state index is -0.216. The van der Waals surface area contributed by atoms with Gasteiger partial charge in [0.15, 0.2) is 0 Å². The maximum Gasteiger partial charge on any atom is 0.134 e. The summed E-state index contributed by atoms with van der Waals surface area (Å²) < 4.78 is 13.1. The van der Waals surface area contributed by atoms with Gasteiger partial charge in [-0.1, -0.05) is 0 Å². The van der Waals surface area contributed by atoms with Crippen LogP contribution in [0.5, 0.6) is 0 Å². The van der Waals surface area contributed by atoms with Gasteiger partial charge in [0.1, 0.15) is 17.5 Å². The summed E-state index contributed by atoms with van der Waals surface area (Å²) in [5, 5.41) is 3.11. The molecule has 1 aromatic carbocycles. The molecule has 0 aliphatic rings. The van der Waals surface area contributed by atoms with Gasteiger partial charge in [-0.15, -0.1) is 0 Å². The van der Waals surface area contributed by atoms with E-state index >= 15 is 0 Å². The average Bonchev–Trinajstić information content (AvgIpc) is 2.35. The molecule has 0 radical (unpaired) electrons. The van der Waals surface area contributed by atoms with Crippen molar-refractivity contribution in [2.45, 2.75) is 13.3 Å². The number of rotatable bonds is 4. The van der Waals surface area contributed by atoms with Gasteiger partial charge in [0.05, 0.1) is 0 Å². The molecule has 5 heteroatoms. The number of hydrogen-bond acceptors (Lipinski definition) is 4. The molecule has 4 nitrogen and oxygen atoms in total. The lowest BCUT2D eigenvalue weighted by atomic mass is 10.2. The number of nitrogens with two attached hydrogens (primary N) is 1. The van der Waals surface area contributed by atoms with Gasteiger partial charge in [0.2, 0.25) is 0 Å². The number of benzene rings is 1. The Labute approximate surface area is 105 Å². The summed E-state index contributed by atoms with van der Waals surface area (Å²) in [5.74, 6) is 1.16. The molecule has 0 aliphatic carbocycles. The zero-order chi connectivity index (χ0) is 13.0. The van der Waals surface area contributed by atoms with Crippen LogP contribution in [0.15, 0.2) is 30.5 Å². The van der Waals surface area contributed by atoms with E-state index in [1.807, 2.05) is 0 Å². The molecule has 0 amide bonds. The molecule has 0 spiro atoms. The van der Waals surface area contributed by atoms with Crippen LogP contribution in [0.1, 0.15) is 11.4 Å². The first-order chi connectivity index (χ1) is 8.69. The Bertz CT molecular complexity index is 542. The van der Waals surface area contributed by atoms with Crippen molar-refractivity contribution in [1.82, 2.24) is 9.97 Å². The molecule has 0 atom stereocenters. The van der Waals surface area contributed by atoms with Crippen molar-refractivity contribution in [3.63, 3.8) is 0 Å². The summed E-state index contributed by atoms with van der Waals surface area (Å²) in [6.45, 7) is 2.24. The largest absolute Gasteiger partial charge is 0.340 e. The van der Waals surface area contributed by atoms with Crippen LogP contribution < -0.4 is 11.1 Å². The van der Waals surface area contributed by atoms with Crippen LogP contribution in [0.25, 0.3) is 0 Å². The van der Waals surface area contributed by atoms with E-state index in [4.69, 9.17) is 5.73 Å². The quantitative estimate of drug-likeness (QED) is 0.867. The maximum atomic E-state index is 13.1. The third-order valence-corrected chi connectivity index (χ3v) is 2.50. The molecule has 0 aliphatic heterocycles. The second kappa shape index (κ2) is 5.55. The third-order valence-electron chi connectivity index (χ3n) is 2.50. The Morgan fingerprint density at radius 3 is 2.89 bits per heavy atom. The van der Waals surface area contributed by atoms with E-state index in [1.54, 1.807) is 31.3 Å². The van der Waals surface area contributed by atoms with Crippen molar-refractivity contribution >= 4 is 11.5 Å². The fourth-order valence-electron chi connectivity index (χ4n) is 1.59. The number of nitrogens with one attached hydrogen (secondary N) is 1. The van der Waals surface area contributed by atoms with Crippen molar-refractivity contribution in [2.75, 3.05) is 11.9 Å². The van der Waals surface area contributed by atoms with Gasteiger partial charge in [-0.05, 0) is 43.3 Å². The van der Waals surface area contributed by atoms with Gasteiger partial charge in [0, 0.05) is 18.3 Å². The molecule has 1 aromatic heterocycles. The van der Waals surface area contributed by atoms with Gasteiger partial charge >= 0.3 is 0 Å². The fourth-order valence-corrected chi connectivity index (χ4v) is 1.59. The van der Waals surface area contributed by atoms with Crippen molar-refractivity contribution in [1.29, 1.82) is 0 Å². The van der Waals surface area contributed by atoms with Gasteiger partial charge in [0.25, 0.3) is 0 Å². The molecule has 1 heterocycles. The number of hydrogen-bond donors (Lipinski definition) is 2. The van der Waals surface area contributed by atoms with E-state index in [1.165, 1.54) is 6.07 Å². The van der Waals surface area contributed by atoms with E-state index in [0.717, 1.165) is 5.69 Å². The predicted molar refractivity (Wildman–Crippen MR) is 69.2 cm³/mol. The lowest BCUT2D eigenvalue weighted by Gasteiger charge is -2.07. The van der Waals surface area contributed by atoms with Crippen LogP contribution in [0.3, 0.4) is 0 Å². The summed E-state index contributed by atoms with van der Waals surface area (Å²) in [6.07, 6.45) is 2.31. The minimum absolute atomic E-state index is 0.216. The molecule has 2 rings (SSSR count). The summed E-state index contributed by atoms with van der Waals surface area (Å²) in [6, 6.07) is 6.60. The van der Waals surface area contributed by atoms with Crippen LogP contribution in [0, 0.1) is 12.7 Å². The van der Waals surface area contributed by atoms with Crippen LogP contribution in [0.2, 0.25) is 0 Å². The van der Waals surface area contributed by atoms with Gasteiger partial charge < -0.3 is 11.1 Å². The second-order valence-electron chi connectivity index (χ2n) is 3.99. The van der Waals surface area contributed by atoms with E-state index in [0.29, 0.717) is 30.2 Å². The molecule has 0 saturated carbocycles. The molecule has 0 bridgehead atoms. The highest BCUT2D eigenvalue weighted by Crippen LogP contribution is 2.17. The molecular weight excluding hydrogens is 231 g/mol. The first-order valence-corrected chi connectivity index (χ1v) is 5.74. The first kappa shape index (κ1) is 12.4. The third kappa shape index (κ3) is 3.01. The smallest absolute Gasteiger partial charge is 0.134 e. The highest BCUT2D eigenvalue weighted by molar-refractivity contribution is 5.56. The monoisotopic (exact) mass is 246 g/mol. The maximum absolute atomic E-state index is 13.1. The zero-order valence-electron chi connectivity index (χ0n) is 10.2. The van der Waals surface area contributed by atoms with Crippen LogP contribution in [-0.4, -0.2) is 16.5 Å². The number of nitrogens with zero attached hydrogens (tertiary/aromatic N) is 2. The van der Waals surface area contributed by atoms with Crippen molar-refractivity contribution in [2.24, 2.45) is 5.73 Å². The highest BCUT2D eigenvalue weighted by atomic mass is 19.1. The summed E-state index contributed by atoms with van der Waals surface area (Å²) in [4.78, 5) is 8.43. The molecular formula is C13H15FN4. The van der Waals surface area contributed by atoms with Gasteiger partial charge in [-0.25, -0.2) is 14.4 Å². The predicted octanol–water partition coefficient (Wildman–Crippen LogP) is 2.17. The fraction of sp³-hybridized carbons (Fsp3) is 0.231. The molecule has 0 fully saturated rings. The van der Waals surface area contributed by atoms with E-state index in [-0.39, 0.29) is 5.82 Å². The summed E-state index contributed by atoms with van der Waals surface area (Å²) in [7, 11) is 0. The zero-order valence-corrected chi connectivity index (χ0v) is 10.2. The van der Waals surface area contributed by atoms with E-state index in [9.17, 15) is 4.39 Å². The average molecular weight is 246 g/mol. The Morgan fingerprint density at radius 2 is 2.17 bits per heavy atom. The molecule has 0 saturated heterocycles. The SMILES string of the molecule is Cc1cc(Nc2ccnc(CCN)n2)ccc1F. The molecule has 18 heavy (non-hydrogen) atoms. The van der Waals surface area contributed by atoms with Crippen LogP contribution in [0.4, 0.5) is 15.9 Å². The van der Waals surface area contributed by atoms with Crippen molar-refractivity contribution < 1.29 is 4.39 Å². The van der Waals surface area contributed by atoms with Crippen LogP contribution in [-0.2, 0) is 6.42 Å². The Balaban J connectivity index is 2.17. The van der Waals surface area contributed by atoms with Crippen LogP contribution >= 0.6 is 0 Å². The normalized spacial score (nSPS) is 10.4. The highest BCUT2D eigenvalue weighted by Gasteiger charge is 2.02. The number of anilines is 2. The first-order valence-electron chi connectivity index (χ1n) is 5.74. The minimum Gasteiger partial charge on any atom is -0.340 e. The molecule has 0 unspecified atom stereocenters. The summed E-state index contributed by atoms with van der Waals surface area (Å²) in [5.41, 5.74) is 6.85. The van der Waals surface area contributed by atoms with Gasteiger partial charge in [-0.2, -0.15) is 0 Å². The molecule has 2 aromatic rings. The van der Waals surface area contributed by atoms with Crippen molar-refractivity contribution in [3.8, 4) is 0 Å². The standard InChI is InChI=1S/C13H15FN4/c1-9-8-10(2-3-11(9)14)17-13-5-7-16-12(18-13)4-6-15/h2-3,5,7-8H,4,6,15H2,1H3,(H,16,17,18). The topological polar surface area (TPSA) is 63.8 Å². The number of halogens is 1.